The summed E-state index contributed by atoms with van der Waals surface area (Å²) in [4.78, 5) is 47.0. The minimum atomic E-state index is -0.867. The highest BCUT2D eigenvalue weighted by atomic mass is 16.5. The Morgan fingerprint density at radius 1 is 1.02 bits per heavy atom. The average Bonchev–Trinajstić information content (AvgIpc) is 3.82. The number of pyridine rings is 1. The summed E-state index contributed by atoms with van der Waals surface area (Å²) in [5.41, 5.74) is 2.56. The molecule has 260 valence electrons. The van der Waals surface area contributed by atoms with Crippen LogP contribution in [0.2, 0.25) is 0 Å². The van der Waals surface area contributed by atoms with Gasteiger partial charge in [0, 0.05) is 11.8 Å². The molecule has 2 aliphatic heterocycles. The zero-order valence-electron chi connectivity index (χ0n) is 28.5. The van der Waals surface area contributed by atoms with Crippen LogP contribution >= 0.6 is 0 Å². The molecule has 49 heavy (non-hydrogen) atoms. The van der Waals surface area contributed by atoms with Gasteiger partial charge in [0.25, 0.3) is 0 Å². The largest absolute Gasteiger partial charge is 0.488 e. The average molecular weight is 670 g/mol. The van der Waals surface area contributed by atoms with Gasteiger partial charge < -0.3 is 29.2 Å². The van der Waals surface area contributed by atoms with Crippen LogP contribution in [0.1, 0.15) is 69.4 Å². The van der Waals surface area contributed by atoms with E-state index in [1.54, 1.807) is 0 Å². The summed E-state index contributed by atoms with van der Waals surface area (Å²) in [6, 6.07) is 16.2. The molecule has 0 radical (unpaired) electrons. The van der Waals surface area contributed by atoms with Gasteiger partial charge in [0.2, 0.25) is 11.8 Å². The molecule has 2 aromatic carbocycles. The van der Waals surface area contributed by atoms with Crippen LogP contribution in [0.4, 0.5) is 4.79 Å². The molecule has 3 heterocycles. The van der Waals surface area contributed by atoms with Crippen molar-refractivity contribution in [3.63, 3.8) is 0 Å². The van der Waals surface area contributed by atoms with Gasteiger partial charge in [0.15, 0.2) is 0 Å². The number of esters is 1. The molecule has 1 aliphatic carbocycles. The van der Waals surface area contributed by atoms with Crippen LogP contribution in [-0.2, 0) is 32.1 Å². The summed E-state index contributed by atoms with van der Waals surface area (Å²) in [6.45, 7) is 2.86. The number of allylic oxidation sites excluding steroid dienone is 2. The minimum absolute atomic E-state index is 0.0471. The first-order valence-corrected chi connectivity index (χ1v) is 17.7. The van der Waals surface area contributed by atoms with E-state index in [1.807, 2.05) is 54.6 Å². The number of fused-ring (bicyclic) bond motifs is 4. The van der Waals surface area contributed by atoms with Crippen molar-refractivity contribution in [2.75, 3.05) is 20.3 Å². The molecule has 1 saturated heterocycles. The Balaban J connectivity index is 1.39. The molecule has 1 aromatic heterocycles. The molecule has 6 rings (SSSR count). The van der Waals surface area contributed by atoms with Crippen molar-refractivity contribution in [3.8, 4) is 11.6 Å². The van der Waals surface area contributed by atoms with E-state index in [-0.39, 0.29) is 37.3 Å². The smallest absolute Gasteiger partial charge is 0.407 e. The first-order valence-electron chi connectivity index (χ1n) is 17.7. The summed E-state index contributed by atoms with van der Waals surface area (Å²) < 4.78 is 24.1. The molecule has 2 bridgehead atoms. The summed E-state index contributed by atoms with van der Waals surface area (Å²) in [7, 11) is 1.32. The lowest BCUT2D eigenvalue weighted by molar-refractivity contribution is -0.152. The van der Waals surface area contributed by atoms with Gasteiger partial charge in [-0.25, -0.2) is 14.6 Å². The Hall–Kier alpha value is -4.60. The van der Waals surface area contributed by atoms with Crippen molar-refractivity contribution in [1.82, 2.24) is 15.2 Å². The molecule has 1 N–H and O–H groups in total. The van der Waals surface area contributed by atoms with Gasteiger partial charge in [-0.05, 0) is 61.6 Å². The van der Waals surface area contributed by atoms with Crippen molar-refractivity contribution in [2.45, 2.75) is 89.5 Å². The third-order valence-corrected chi connectivity index (χ3v) is 10.1. The minimum Gasteiger partial charge on any atom is -0.488 e. The highest BCUT2D eigenvalue weighted by Gasteiger charge is 2.46. The van der Waals surface area contributed by atoms with Gasteiger partial charge in [0.1, 0.15) is 30.5 Å². The quantitative estimate of drug-likeness (QED) is 0.233. The van der Waals surface area contributed by atoms with E-state index in [4.69, 9.17) is 23.9 Å². The fourth-order valence-corrected chi connectivity index (χ4v) is 7.28. The standard InChI is InChI=1S/C39H47N3O7/c1-3-26-14-6-5-9-20-31-35(47-25-27-15-7-4-8-16-27)30-19-12-13-21-32(30)40-36(31)49-29-22-33(38(44)46-2)42(23-29)37(43)34(28-17-10-11-18-28)41-39(45)48-24-26/h4-5,7-9,12-13,15-16,19,21,26,28-29,33-34H,3,6,10-11,14,17-18,20,22-25H2,1-2H3,(H,41,45)/b9-5+/t26-,29+,33-,34-/m0/s1. The number of hydrogen-bond acceptors (Lipinski definition) is 8. The molecule has 1 saturated carbocycles. The fourth-order valence-electron chi connectivity index (χ4n) is 7.28. The van der Waals surface area contributed by atoms with Crippen LogP contribution in [0.3, 0.4) is 0 Å². The van der Waals surface area contributed by atoms with Gasteiger partial charge in [-0.15, -0.1) is 0 Å². The van der Waals surface area contributed by atoms with E-state index in [1.165, 1.54) is 12.0 Å². The zero-order chi connectivity index (χ0) is 34.2. The van der Waals surface area contributed by atoms with Crippen LogP contribution in [0.5, 0.6) is 11.6 Å². The van der Waals surface area contributed by atoms with Gasteiger partial charge >= 0.3 is 12.1 Å². The summed E-state index contributed by atoms with van der Waals surface area (Å²) in [5, 5.41) is 3.78. The van der Waals surface area contributed by atoms with Crippen LogP contribution in [0.25, 0.3) is 10.9 Å². The highest BCUT2D eigenvalue weighted by molar-refractivity contribution is 5.91. The monoisotopic (exact) mass is 669 g/mol. The molecule has 2 amide bonds. The molecular weight excluding hydrogens is 622 g/mol. The number of alkyl carbamates (subject to hydrolysis) is 1. The van der Waals surface area contributed by atoms with Crippen molar-refractivity contribution < 1.29 is 33.3 Å². The van der Waals surface area contributed by atoms with Crippen LogP contribution in [0, 0.1) is 11.8 Å². The maximum atomic E-state index is 14.3. The SMILES string of the molecule is CC[C@H]1CC/C=C/Cc2c(nc3ccccc3c2OCc2ccccc2)O[C@@H]2C[C@@H](C(=O)OC)N(C2)C(=O)[C@H](C2CCCC2)NC(=O)OC1. The molecule has 4 atom stereocenters. The summed E-state index contributed by atoms with van der Waals surface area (Å²) >= 11 is 0. The maximum Gasteiger partial charge on any atom is 0.407 e. The maximum absolute atomic E-state index is 14.3. The number of carbonyl (C=O) groups excluding carboxylic acids is 3. The number of aromatic nitrogens is 1. The van der Waals surface area contributed by atoms with E-state index in [0.29, 0.717) is 24.7 Å². The Labute approximate surface area is 288 Å². The van der Waals surface area contributed by atoms with Gasteiger partial charge in [-0.3, -0.25) is 4.79 Å². The van der Waals surface area contributed by atoms with Crippen LogP contribution in [0.15, 0.2) is 66.7 Å². The van der Waals surface area contributed by atoms with E-state index in [2.05, 4.69) is 24.4 Å². The number of nitrogens with one attached hydrogen (secondary N) is 1. The number of para-hydroxylation sites is 1. The molecule has 0 spiro atoms. The second-order valence-electron chi connectivity index (χ2n) is 13.3. The first kappa shape index (κ1) is 34.3. The molecule has 3 aromatic rings. The Morgan fingerprint density at radius 3 is 2.57 bits per heavy atom. The number of ether oxygens (including phenoxy) is 4. The second-order valence-corrected chi connectivity index (χ2v) is 13.3. The Bertz CT molecular complexity index is 1640. The lowest BCUT2D eigenvalue weighted by Crippen LogP contribution is -2.54. The van der Waals surface area contributed by atoms with Crippen LogP contribution < -0.4 is 14.8 Å². The lowest BCUT2D eigenvalue weighted by atomic mass is 9.96. The first-order chi connectivity index (χ1) is 23.9. The zero-order valence-corrected chi connectivity index (χ0v) is 28.5. The Morgan fingerprint density at radius 2 is 1.80 bits per heavy atom. The lowest BCUT2D eigenvalue weighted by Gasteiger charge is -2.30. The molecule has 2 fully saturated rings. The number of rotatable bonds is 6. The number of benzene rings is 2. The van der Waals surface area contributed by atoms with E-state index < -0.39 is 30.3 Å². The number of cyclic esters (lactones) is 1. The van der Waals surface area contributed by atoms with Gasteiger partial charge in [-0.2, -0.15) is 0 Å². The van der Waals surface area contributed by atoms with E-state index in [9.17, 15) is 14.4 Å². The highest BCUT2D eigenvalue weighted by Crippen LogP contribution is 2.38. The fraction of sp³-hybridized carbons (Fsp3) is 0.487. The molecule has 10 heteroatoms. The molecule has 10 nitrogen and oxygen atoms in total. The number of carbonyl (C=O) groups is 3. The normalized spacial score (nSPS) is 24.6. The van der Waals surface area contributed by atoms with Crippen molar-refractivity contribution in [2.24, 2.45) is 11.8 Å². The van der Waals surface area contributed by atoms with Gasteiger partial charge in [0.05, 0.1) is 31.3 Å². The van der Waals surface area contributed by atoms with Crippen molar-refractivity contribution in [1.29, 1.82) is 0 Å². The predicted octanol–water partition coefficient (Wildman–Crippen LogP) is 6.54. The Kier molecular flexibility index (Phi) is 11.3. The topological polar surface area (TPSA) is 116 Å². The van der Waals surface area contributed by atoms with E-state index in [0.717, 1.165) is 67.0 Å². The number of hydrogen-bond donors (Lipinski definition) is 1. The van der Waals surface area contributed by atoms with Crippen LogP contribution in [-0.4, -0.2) is 66.3 Å². The predicted molar refractivity (Wildman–Crippen MR) is 185 cm³/mol. The third-order valence-electron chi connectivity index (χ3n) is 10.1. The summed E-state index contributed by atoms with van der Waals surface area (Å²) in [5.74, 6) is 0.391. The molecular formula is C39H47N3O7. The number of methoxy groups -OCH3 is 1. The molecule has 0 unspecified atom stereocenters. The van der Waals surface area contributed by atoms with Gasteiger partial charge in [-0.1, -0.05) is 80.8 Å². The van der Waals surface area contributed by atoms with E-state index >= 15 is 0 Å². The van der Waals surface area contributed by atoms with Crippen molar-refractivity contribution >= 4 is 28.9 Å². The number of nitrogens with zero attached hydrogens (tertiary/aromatic N) is 2. The molecule has 3 aliphatic rings. The number of amides is 2. The van der Waals surface area contributed by atoms with Crippen molar-refractivity contribution in [3.05, 3.63) is 77.9 Å². The second kappa shape index (κ2) is 16.2. The third kappa shape index (κ3) is 8.17. The summed E-state index contributed by atoms with van der Waals surface area (Å²) in [6.07, 6.45) is 9.92.